The maximum Gasteiger partial charge on any atom is 0.252 e. The number of amides is 1. The van der Waals surface area contributed by atoms with Gasteiger partial charge in [0.2, 0.25) is 10.0 Å². The van der Waals surface area contributed by atoms with Crippen LogP contribution in [0.1, 0.15) is 52.4 Å². The highest BCUT2D eigenvalue weighted by atomic mass is 35.5. The van der Waals surface area contributed by atoms with Crippen LogP contribution in [0.2, 0.25) is 5.02 Å². The van der Waals surface area contributed by atoms with Crippen molar-refractivity contribution in [1.82, 2.24) is 9.62 Å². The Kier molecular flexibility index (Phi) is 7.17. The molecule has 1 amide bonds. The summed E-state index contributed by atoms with van der Waals surface area (Å²) in [5.74, 6) is -0.365. The van der Waals surface area contributed by atoms with Gasteiger partial charge in [-0.15, -0.1) is 0 Å². The molecule has 1 fully saturated rings. The molecule has 1 aliphatic rings. The van der Waals surface area contributed by atoms with Crippen LogP contribution in [0.5, 0.6) is 0 Å². The number of nitrogens with zero attached hydrogens (tertiary/aromatic N) is 1. The predicted molar refractivity (Wildman–Crippen MR) is 131 cm³/mol. The fraction of sp³-hybridized carbons (Fsp3) is 0.269. The Labute approximate surface area is 200 Å². The number of sulfonamides is 1. The lowest BCUT2D eigenvalue weighted by Gasteiger charge is -2.26. The van der Waals surface area contributed by atoms with Crippen LogP contribution in [0.4, 0.5) is 0 Å². The number of rotatable bonds is 6. The van der Waals surface area contributed by atoms with Crippen LogP contribution in [0, 0.1) is 6.92 Å². The number of hydrogen-bond donors (Lipinski definition) is 1. The first kappa shape index (κ1) is 23.5. The van der Waals surface area contributed by atoms with Gasteiger partial charge in [0.15, 0.2) is 0 Å². The molecule has 0 saturated carbocycles. The number of aryl methyl sites for hydroxylation is 1. The summed E-state index contributed by atoms with van der Waals surface area (Å²) < 4.78 is 27.8. The first-order valence-corrected chi connectivity index (χ1v) is 12.9. The van der Waals surface area contributed by atoms with E-state index in [0.29, 0.717) is 13.1 Å². The number of carbonyl (C=O) groups excluding carboxylic acids is 1. The van der Waals surface area contributed by atoms with Crippen molar-refractivity contribution in [1.29, 1.82) is 0 Å². The van der Waals surface area contributed by atoms with Crippen LogP contribution in [0.3, 0.4) is 0 Å². The first-order chi connectivity index (χ1) is 15.9. The van der Waals surface area contributed by atoms with Crippen molar-refractivity contribution in [2.75, 3.05) is 13.1 Å². The Hall–Kier alpha value is -2.67. The molecule has 0 bridgehead atoms. The SMILES string of the molecule is Cc1ccc([C@H](NC(=O)c2ccc(Cl)c(S(=O)(=O)N3CCCCC3)c2)c2ccccc2)cc1. The second kappa shape index (κ2) is 10.1. The number of halogens is 1. The second-order valence-corrected chi connectivity index (χ2v) is 10.7. The number of carbonyl (C=O) groups is 1. The molecule has 1 saturated heterocycles. The van der Waals surface area contributed by atoms with Crippen molar-refractivity contribution in [3.8, 4) is 0 Å². The molecule has 33 heavy (non-hydrogen) atoms. The van der Waals surface area contributed by atoms with E-state index in [1.54, 1.807) is 6.07 Å². The monoisotopic (exact) mass is 482 g/mol. The average Bonchev–Trinajstić information content (AvgIpc) is 2.84. The largest absolute Gasteiger partial charge is 0.341 e. The van der Waals surface area contributed by atoms with Gasteiger partial charge in [-0.1, -0.05) is 78.2 Å². The Morgan fingerprint density at radius 3 is 2.21 bits per heavy atom. The first-order valence-electron chi connectivity index (χ1n) is 11.1. The molecule has 3 aromatic carbocycles. The maximum absolute atomic E-state index is 13.3. The van der Waals surface area contributed by atoms with Crippen LogP contribution < -0.4 is 5.32 Å². The number of nitrogens with one attached hydrogen (secondary N) is 1. The topological polar surface area (TPSA) is 66.5 Å². The van der Waals surface area contributed by atoms with Crippen molar-refractivity contribution in [3.05, 3.63) is 100 Å². The van der Waals surface area contributed by atoms with Gasteiger partial charge < -0.3 is 5.32 Å². The minimum atomic E-state index is -3.76. The third-order valence-electron chi connectivity index (χ3n) is 5.95. The normalized spacial score (nSPS) is 15.7. The van der Waals surface area contributed by atoms with E-state index in [2.05, 4.69) is 5.32 Å². The molecule has 0 aromatic heterocycles. The Morgan fingerprint density at radius 1 is 0.909 bits per heavy atom. The van der Waals surface area contributed by atoms with Gasteiger partial charge in [0.25, 0.3) is 5.91 Å². The molecule has 4 rings (SSSR count). The van der Waals surface area contributed by atoms with E-state index in [9.17, 15) is 13.2 Å². The van der Waals surface area contributed by atoms with Crippen LogP contribution in [-0.2, 0) is 10.0 Å². The number of piperidine rings is 1. The van der Waals surface area contributed by atoms with Gasteiger partial charge in [0.1, 0.15) is 4.90 Å². The molecule has 7 heteroatoms. The van der Waals surface area contributed by atoms with Crippen molar-refractivity contribution in [2.45, 2.75) is 37.1 Å². The second-order valence-electron chi connectivity index (χ2n) is 8.34. The van der Waals surface area contributed by atoms with Crippen LogP contribution in [0.25, 0.3) is 0 Å². The lowest BCUT2D eigenvalue weighted by molar-refractivity contribution is 0.0942. The number of hydrogen-bond acceptors (Lipinski definition) is 3. The third kappa shape index (κ3) is 5.29. The lowest BCUT2D eigenvalue weighted by Crippen LogP contribution is -2.36. The smallest absolute Gasteiger partial charge is 0.252 e. The predicted octanol–water partition coefficient (Wildman–Crippen LogP) is 5.34. The molecule has 0 radical (unpaired) electrons. The molecule has 1 atom stereocenters. The summed E-state index contributed by atoms with van der Waals surface area (Å²) in [6.07, 6.45) is 2.67. The zero-order chi connectivity index (χ0) is 23.4. The van der Waals surface area contributed by atoms with Crippen molar-refractivity contribution < 1.29 is 13.2 Å². The van der Waals surface area contributed by atoms with Gasteiger partial charge >= 0.3 is 0 Å². The van der Waals surface area contributed by atoms with Gasteiger partial charge in [-0.25, -0.2) is 8.42 Å². The zero-order valence-corrected chi connectivity index (χ0v) is 20.1. The van der Waals surface area contributed by atoms with Gasteiger partial charge in [-0.3, -0.25) is 4.79 Å². The molecule has 0 spiro atoms. The van der Waals surface area contributed by atoms with E-state index in [0.717, 1.165) is 36.0 Å². The lowest BCUT2D eigenvalue weighted by atomic mass is 9.97. The molecule has 3 aromatic rings. The maximum atomic E-state index is 13.3. The average molecular weight is 483 g/mol. The van der Waals surface area contributed by atoms with Crippen molar-refractivity contribution in [2.24, 2.45) is 0 Å². The molecule has 172 valence electrons. The van der Waals surface area contributed by atoms with E-state index in [-0.39, 0.29) is 27.4 Å². The molecule has 5 nitrogen and oxygen atoms in total. The summed E-state index contributed by atoms with van der Waals surface area (Å²) in [6.45, 7) is 2.95. The molecule has 1 aliphatic heterocycles. The van der Waals surface area contributed by atoms with Crippen LogP contribution in [-0.4, -0.2) is 31.7 Å². The highest BCUT2D eigenvalue weighted by molar-refractivity contribution is 7.89. The number of benzene rings is 3. The molecule has 1 N–H and O–H groups in total. The summed E-state index contributed by atoms with van der Waals surface area (Å²) in [6, 6.07) is 21.7. The zero-order valence-electron chi connectivity index (χ0n) is 18.5. The molecule has 0 unspecified atom stereocenters. The minimum Gasteiger partial charge on any atom is -0.341 e. The summed E-state index contributed by atoms with van der Waals surface area (Å²) >= 11 is 6.28. The third-order valence-corrected chi connectivity index (χ3v) is 8.33. The fourth-order valence-electron chi connectivity index (χ4n) is 4.06. The van der Waals surface area contributed by atoms with Gasteiger partial charge in [0.05, 0.1) is 11.1 Å². The summed E-state index contributed by atoms with van der Waals surface area (Å²) in [5, 5.41) is 3.19. The van der Waals surface area contributed by atoms with Crippen molar-refractivity contribution in [3.63, 3.8) is 0 Å². The van der Waals surface area contributed by atoms with Gasteiger partial charge in [-0.2, -0.15) is 4.31 Å². The molecular formula is C26H27ClN2O3S. The quantitative estimate of drug-likeness (QED) is 0.515. The Morgan fingerprint density at radius 2 is 1.55 bits per heavy atom. The fourth-order valence-corrected chi connectivity index (χ4v) is 6.08. The highest BCUT2D eigenvalue weighted by Gasteiger charge is 2.29. The summed E-state index contributed by atoms with van der Waals surface area (Å²) in [5.41, 5.74) is 3.25. The van der Waals surface area contributed by atoms with E-state index in [1.165, 1.54) is 16.4 Å². The highest BCUT2D eigenvalue weighted by Crippen LogP contribution is 2.29. The van der Waals surface area contributed by atoms with E-state index >= 15 is 0 Å². The van der Waals surface area contributed by atoms with Crippen molar-refractivity contribution >= 4 is 27.5 Å². The van der Waals surface area contributed by atoms with E-state index in [4.69, 9.17) is 11.6 Å². The minimum absolute atomic E-state index is 0.0229. The van der Waals surface area contributed by atoms with Crippen LogP contribution in [0.15, 0.2) is 77.7 Å². The summed E-state index contributed by atoms with van der Waals surface area (Å²) in [7, 11) is -3.76. The van der Waals surface area contributed by atoms with Gasteiger partial charge in [-0.05, 0) is 49.1 Å². The molecule has 1 heterocycles. The Balaban J connectivity index is 1.65. The van der Waals surface area contributed by atoms with Gasteiger partial charge in [0, 0.05) is 18.7 Å². The summed E-state index contributed by atoms with van der Waals surface area (Å²) in [4.78, 5) is 13.2. The van der Waals surface area contributed by atoms with E-state index < -0.39 is 10.0 Å². The van der Waals surface area contributed by atoms with E-state index in [1.807, 2.05) is 61.5 Å². The Bertz CT molecular complexity index is 1220. The molecule has 0 aliphatic carbocycles. The van der Waals surface area contributed by atoms with Crippen LogP contribution >= 0.6 is 11.6 Å². The molecular weight excluding hydrogens is 456 g/mol. The standard InChI is InChI=1S/C26H27ClN2O3S/c1-19-10-12-21(13-11-19)25(20-8-4-2-5-9-20)28-26(30)22-14-15-23(27)24(18-22)33(31,32)29-16-6-3-7-17-29/h2,4-5,8-15,18,25H,3,6-7,16-17H2,1H3,(H,28,30)/t25-/m1/s1.